The molecule has 2 atom stereocenters. The minimum absolute atomic E-state index is 0.115. The summed E-state index contributed by atoms with van der Waals surface area (Å²) < 4.78 is 5.30. The van der Waals surface area contributed by atoms with Crippen molar-refractivity contribution in [3.05, 3.63) is 35.9 Å². The predicted molar refractivity (Wildman–Crippen MR) is 69.4 cm³/mol. The Bertz CT molecular complexity index is 487. The van der Waals surface area contributed by atoms with Crippen molar-refractivity contribution in [2.45, 2.75) is 19.4 Å². The van der Waals surface area contributed by atoms with Crippen LogP contribution in [0.2, 0.25) is 0 Å². The molecule has 0 spiro atoms. The summed E-state index contributed by atoms with van der Waals surface area (Å²) in [6, 6.07) is 9.64. The molecule has 2 aliphatic rings. The Morgan fingerprint density at radius 1 is 1.42 bits per heavy atom. The maximum Gasteiger partial charge on any atom is 0.410 e. The van der Waals surface area contributed by atoms with E-state index in [1.807, 2.05) is 30.3 Å². The average molecular weight is 259 g/mol. The lowest BCUT2D eigenvalue weighted by Crippen LogP contribution is -2.40. The van der Waals surface area contributed by atoms with Gasteiger partial charge in [-0.15, -0.1) is 0 Å². The van der Waals surface area contributed by atoms with Crippen LogP contribution in [0.25, 0.3) is 0 Å². The number of nitrogens with zero attached hydrogens (tertiary/aromatic N) is 1. The first-order chi connectivity index (χ1) is 9.23. The second-order valence-electron chi connectivity index (χ2n) is 5.49. The number of ether oxygens (including phenoxy) is 1. The minimum atomic E-state index is -0.268. The summed E-state index contributed by atoms with van der Waals surface area (Å²) in [5, 5.41) is 0. The Kier molecular flexibility index (Phi) is 3.01. The number of piperidine rings is 1. The molecule has 2 fully saturated rings. The van der Waals surface area contributed by atoms with Crippen molar-refractivity contribution in [1.29, 1.82) is 0 Å². The first-order valence-electron chi connectivity index (χ1n) is 6.65. The highest BCUT2D eigenvalue weighted by Gasteiger charge is 2.57. The van der Waals surface area contributed by atoms with Gasteiger partial charge in [0.2, 0.25) is 0 Å². The Morgan fingerprint density at radius 3 is 2.89 bits per heavy atom. The maximum atomic E-state index is 11.9. The third kappa shape index (κ3) is 2.35. The zero-order chi connectivity index (χ0) is 13.3. The molecule has 0 bridgehead atoms. The van der Waals surface area contributed by atoms with Crippen molar-refractivity contribution in [2.24, 2.45) is 11.3 Å². The number of fused-ring (bicyclic) bond motifs is 1. The van der Waals surface area contributed by atoms with Crippen molar-refractivity contribution in [3.63, 3.8) is 0 Å². The topological polar surface area (TPSA) is 46.6 Å². The first kappa shape index (κ1) is 12.2. The van der Waals surface area contributed by atoms with Gasteiger partial charge in [-0.1, -0.05) is 30.3 Å². The molecule has 1 aliphatic heterocycles. The van der Waals surface area contributed by atoms with Crippen LogP contribution in [-0.4, -0.2) is 30.4 Å². The van der Waals surface area contributed by atoms with Crippen LogP contribution in [0.1, 0.15) is 18.4 Å². The molecule has 19 heavy (non-hydrogen) atoms. The molecule has 2 unspecified atom stereocenters. The molecule has 0 radical (unpaired) electrons. The Hall–Kier alpha value is -1.84. The number of hydrogen-bond acceptors (Lipinski definition) is 3. The van der Waals surface area contributed by atoms with E-state index in [-0.39, 0.29) is 11.5 Å². The molecule has 1 heterocycles. The number of carbonyl (C=O) groups excluding carboxylic acids is 2. The van der Waals surface area contributed by atoms with Crippen molar-refractivity contribution < 1.29 is 14.3 Å². The van der Waals surface area contributed by atoms with Crippen molar-refractivity contribution in [3.8, 4) is 0 Å². The van der Waals surface area contributed by atoms with Crippen molar-refractivity contribution in [2.75, 3.05) is 13.1 Å². The predicted octanol–water partition coefficient (Wildman–Crippen LogP) is 2.23. The molecular weight excluding hydrogens is 242 g/mol. The highest BCUT2D eigenvalue weighted by atomic mass is 16.6. The summed E-state index contributed by atoms with van der Waals surface area (Å²) in [6.07, 6.45) is 2.51. The molecule has 4 heteroatoms. The van der Waals surface area contributed by atoms with Crippen molar-refractivity contribution >= 4 is 12.4 Å². The lowest BCUT2D eigenvalue weighted by molar-refractivity contribution is -0.113. The molecule has 3 rings (SSSR count). The fraction of sp³-hybridized carbons (Fsp3) is 0.467. The van der Waals surface area contributed by atoms with Gasteiger partial charge in [0.25, 0.3) is 0 Å². The van der Waals surface area contributed by atoms with Gasteiger partial charge < -0.3 is 14.4 Å². The standard InChI is InChI=1S/C15H17NO3/c17-11-15-6-7-16(9-13(15)8-15)14(18)19-10-12-4-2-1-3-5-12/h1-5,11,13H,6-10H2. The molecule has 0 aromatic heterocycles. The zero-order valence-corrected chi connectivity index (χ0v) is 10.7. The first-order valence-corrected chi connectivity index (χ1v) is 6.65. The van der Waals surface area contributed by atoms with Gasteiger partial charge in [0.1, 0.15) is 12.9 Å². The van der Waals surface area contributed by atoms with E-state index in [0.717, 1.165) is 24.7 Å². The highest BCUT2D eigenvalue weighted by molar-refractivity contribution is 5.70. The van der Waals surface area contributed by atoms with E-state index in [9.17, 15) is 9.59 Å². The number of rotatable bonds is 3. The van der Waals surface area contributed by atoms with E-state index in [2.05, 4.69) is 0 Å². The Labute approximate surface area is 112 Å². The van der Waals surface area contributed by atoms with Gasteiger partial charge in [-0.25, -0.2) is 4.79 Å². The molecule has 1 aromatic rings. The average Bonchev–Trinajstić information content (AvgIpc) is 3.20. The number of hydrogen-bond donors (Lipinski definition) is 0. The van der Waals surface area contributed by atoms with Crippen LogP contribution in [0.4, 0.5) is 4.79 Å². The van der Waals surface area contributed by atoms with Crippen LogP contribution >= 0.6 is 0 Å². The van der Waals surface area contributed by atoms with E-state index < -0.39 is 0 Å². The summed E-state index contributed by atoms with van der Waals surface area (Å²) >= 11 is 0. The molecule has 1 saturated heterocycles. The van der Waals surface area contributed by atoms with Crippen LogP contribution in [0.15, 0.2) is 30.3 Å². The molecule has 1 aromatic carbocycles. The van der Waals surface area contributed by atoms with Crippen LogP contribution in [0.3, 0.4) is 0 Å². The molecule has 4 nitrogen and oxygen atoms in total. The van der Waals surface area contributed by atoms with Crippen LogP contribution in [-0.2, 0) is 16.1 Å². The van der Waals surface area contributed by atoms with Gasteiger partial charge in [-0.3, -0.25) is 0 Å². The summed E-state index contributed by atoms with van der Waals surface area (Å²) in [7, 11) is 0. The molecule has 1 aliphatic carbocycles. The fourth-order valence-electron chi connectivity index (χ4n) is 2.83. The second-order valence-corrected chi connectivity index (χ2v) is 5.49. The zero-order valence-electron chi connectivity index (χ0n) is 10.7. The fourth-order valence-corrected chi connectivity index (χ4v) is 2.83. The number of amides is 1. The Morgan fingerprint density at radius 2 is 2.21 bits per heavy atom. The maximum absolute atomic E-state index is 11.9. The van der Waals surface area contributed by atoms with E-state index in [1.54, 1.807) is 4.90 Å². The number of aldehydes is 1. The van der Waals surface area contributed by atoms with Gasteiger partial charge in [0.15, 0.2) is 0 Å². The molecule has 1 saturated carbocycles. The number of benzene rings is 1. The smallest absolute Gasteiger partial charge is 0.410 e. The van der Waals surface area contributed by atoms with Crippen molar-refractivity contribution in [1.82, 2.24) is 4.90 Å². The lowest BCUT2D eigenvalue weighted by atomic mass is 9.97. The lowest BCUT2D eigenvalue weighted by Gasteiger charge is -2.28. The number of likely N-dealkylation sites (tertiary alicyclic amines) is 1. The van der Waals surface area contributed by atoms with E-state index >= 15 is 0 Å². The van der Waals surface area contributed by atoms with Gasteiger partial charge in [-0.2, -0.15) is 0 Å². The monoisotopic (exact) mass is 259 g/mol. The highest BCUT2D eigenvalue weighted by Crippen LogP contribution is 2.56. The summed E-state index contributed by atoms with van der Waals surface area (Å²) in [4.78, 5) is 24.6. The van der Waals surface area contributed by atoms with E-state index in [4.69, 9.17) is 4.74 Å². The quantitative estimate of drug-likeness (QED) is 0.782. The SMILES string of the molecule is O=CC12CCN(C(=O)OCc3ccccc3)CC1C2. The normalized spacial score (nSPS) is 28.4. The van der Waals surface area contributed by atoms with Gasteiger partial charge >= 0.3 is 6.09 Å². The van der Waals surface area contributed by atoms with E-state index in [1.165, 1.54) is 0 Å². The molecule has 100 valence electrons. The van der Waals surface area contributed by atoms with Gasteiger partial charge in [0, 0.05) is 18.5 Å². The largest absolute Gasteiger partial charge is 0.445 e. The summed E-state index contributed by atoms with van der Waals surface area (Å²) in [5.74, 6) is 0.350. The molecule has 0 N–H and O–H groups in total. The van der Waals surface area contributed by atoms with Crippen LogP contribution in [0, 0.1) is 11.3 Å². The van der Waals surface area contributed by atoms with Gasteiger partial charge in [0.05, 0.1) is 0 Å². The molecular formula is C15H17NO3. The number of carbonyl (C=O) groups is 2. The molecule has 1 amide bonds. The Balaban J connectivity index is 1.51. The van der Waals surface area contributed by atoms with Crippen LogP contribution in [0.5, 0.6) is 0 Å². The summed E-state index contributed by atoms with van der Waals surface area (Å²) in [6.45, 7) is 1.59. The summed E-state index contributed by atoms with van der Waals surface area (Å²) in [5.41, 5.74) is 0.873. The van der Waals surface area contributed by atoms with E-state index in [0.29, 0.717) is 25.6 Å². The third-order valence-corrected chi connectivity index (χ3v) is 4.27. The third-order valence-electron chi connectivity index (χ3n) is 4.27. The minimum Gasteiger partial charge on any atom is -0.445 e. The van der Waals surface area contributed by atoms with Crippen LogP contribution < -0.4 is 0 Å². The van der Waals surface area contributed by atoms with Gasteiger partial charge in [-0.05, 0) is 24.3 Å². The second kappa shape index (κ2) is 4.68.